The number of rotatable bonds is 3. The van der Waals surface area contributed by atoms with Crippen molar-refractivity contribution in [3.63, 3.8) is 0 Å². The molecule has 0 bridgehead atoms. The van der Waals surface area contributed by atoms with Crippen molar-refractivity contribution in [3.05, 3.63) is 35.4 Å². The normalized spacial score (nSPS) is 11.8. The molecular weight excluding hydrogens is 382 g/mol. The van der Waals surface area contributed by atoms with E-state index >= 15 is 0 Å². The van der Waals surface area contributed by atoms with Gasteiger partial charge in [0, 0.05) is 27.7 Å². The molecular formula is C13H19F3IN3. The van der Waals surface area contributed by atoms with Gasteiger partial charge in [-0.3, -0.25) is 4.99 Å². The fraction of sp³-hybridized carbons (Fsp3) is 0.462. The van der Waals surface area contributed by atoms with E-state index in [0.717, 1.165) is 23.7 Å². The second kappa shape index (κ2) is 8.33. The number of nitrogens with zero attached hydrogens (tertiary/aromatic N) is 2. The Labute approximate surface area is 134 Å². The van der Waals surface area contributed by atoms with Crippen LogP contribution in [0.2, 0.25) is 0 Å². The number of hydrogen-bond acceptors (Lipinski definition) is 1. The molecule has 0 aliphatic rings. The van der Waals surface area contributed by atoms with Crippen LogP contribution in [0.25, 0.3) is 0 Å². The SMILES string of the molecule is CN=C(NCCc1ccc(C(F)(F)F)cc1)N(C)C.I. The first-order valence-electron chi connectivity index (χ1n) is 5.88. The smallest absolute Gasteiger partial charge is 0.356 e. The largest absolute Gasteiger partial charge is 0.416 e. The number of halogens is 4. The fourth-order valence-electron chi connectivity index (χ4n) is 1.62. The van der Waals surface area contributed by atoms with Gasteiger partial charge in [-0.15, -0.1) is 24.0 Å². The molecule has 1 aromatic carbocycles. The number of guanidine groups is 1. The molecule has 0 saturated carbocycles. The van der Waals surface area contributed by atoms with Crippen LogP contribution in [0.15, 0.2) is 29.3 Å². The quantitative estimate of drug-likeness (QED) is 0.479. The predicted molar refractivity (Wildman–Crippen MR) is 85.6 cm³/mol. The van der Waals surface area contributed by atoms with E-state index in [0.29, 0.717) is 13.0 Å². The Balaban J connectivity index is 0.00000361. The molecule has 0 aliphatic heterocycles. The zero-order valence-corrected chi connectivity index (χ0v) is 14.0. The number of alkyl halides is 3. The van der Waals surface area contributed by atoms with Gasteiger partial charge < -0.3 is 10.2 Å². The monoisotopic (exact) mass is 401 g/mol. The Kier molecular flexibility index (Phi) is 7.92. The standard InChI is InChI=1S/C13H18F3N3.HI/c1-17-12(19(2)3)18-9-8-10-4-6-11(7-5-10)13(14,15)16;/h4-7H,8-9H2,1-3H3,(H,17,18);1H. The first-order valence-corrected chi connectivity index (χ1v) is 5.88. The van der Waals surface area contributed by atoms with Crippen LogP contribution in [-0.2, 0) is 12.6 Å². The zero-order valence-electron chi connectivity index (χ0n) is 11.7. The van der Waals surface area contributed by atoms with Crippen LogP contribution < -0.4 is 5.32 Å². The van der Waals surface area contributed by atoms with E-state index in [4.69, 9.17) is 0 Å². The Morgan fingerprint density at radius 1 is 1.20 bits per heavy atom. The van der Waals surface area contributed by atoms with Gasteiger partial charge >= 0.3 is 6.18 Å². The van der Waals surface area contributed by atoms with Crippen molar-refractivity contribution in [2.45, 2.75) is 12.6 Å². The minimum atomic E-state index is -4.27. The van der Waals surface area contributed by atoms with Gasteiger partial charge in [0.1, 0.15) is 0 Å². The maximum absolute atomic E-state index is 12.4. The maximum atomic E-state index is 12.4. The van der Waals surface area contributed by atoms with E-state index in [1.807, 2.05) is 19.0 Å². The maximum Gasteiger partial charge on any atom is 0.416 e. The molecule has 0 fully saturated rings. The summed E-state index contributed by atoms with van der Waals surface area (Å²) in [5.74, 6) is 0.743. The van der Waals surface area contributed by atoms with Crippen LogP contribution in [0.4, 0.5) is 13.2 Å². The Hall–Kier alpha value is -0.990. The lowest BCUT2D eigenvalue weighted by molar-refractivity contribution is -0.137. The van der Waals surface area contributed by atoms with Crippen molar-refractivity contribution in [1.29, 1.82) is 0 Å². The summed E-state index contributed by atoms with van der Waals surface area (Å²) in [5, 5.41) is 3.12. The molecule has 0 unspecified atom stereocenters. The van der Waals surface area contributed by atoms with E-state index in [1.54, 1.807) is 7.05 Å². The third kappa shape index (κ3) is 5.98. The summed E-state index contributed by atoms with van der Waals surface area (Å²) in [4.78, 5) is 5.89. The molecule has 1 aromatic rings. The summed E-state index contributed by atoms with van der Waals surface area (Å²) in [5.41, 5.74) is 0.239. The third-order valence-electron chi connectivity index (χ3n) is 2.61. The molecule has 0 aliphatic carbocycles. The molecule has 20 heavy (non-hydrogen) atoms. The van der Waals surface area contributed by atoms with Crippen molar-refractivity contribution < 1.29 is 13.2 Å². The fourth-order valence-corrected chi connectivity index (χ4v) is 1.62. The molecule has 3 nitrogen and oxygen atoms in total. The lowest BCUT2D eigenvalue weighted by Gasteiger charge is -2.16. The molecule has 0 aromatic heterocycles. The van der Waals surface area contributed by atoms with E-state index in [2.05, 4.69) is 10.3 Å². The average Bonchev–Trinajstić information content (AvgIpc) is 2.33. The average molecular weight is 401 g/mol. The van der Waals surface area contributed by atoms with Crippen LogP contribution in [0.5, 0.6) is 0 Å². The Bertz CT molecular complexity index is 427. The van der Waals surface area contributed by atoms with Gasteiger partial charge in [-0.1, -0.05) is 12.1 Å². The van der Waals surface area contributed by atoms with Gasteiger partial charge in [-0.05, 0) is 24.1 Å². The van der Waals surface area contributed by atoms with Crippen molar-refractivity contribution in [1.82, 2.24) is 10.2 Å². The lowest BCUT2D eigenvalue weighted by atomic mass is 10.1. The van der Waals surface area contributed by atoms with Crippen LogP contribution in [0.3, 0.4) is 0 Å². The van der Waals surface area contributed by atoms with Crippen molar-refractivity contribution in [2.75, 3.05) is 27.7 Å². The highest BCUT2D eigenvalue weighted by atomic mass is 127. The van der Waals surface area contributed by atoms with Crippen molar-refractivity contribution >= 4 is 29.9 Å². The highest BCUT2D eigenvalue weighted by molar-refractivity contribution is 14.0. The molecule has 1 N–H and O–H groups in total. The zero-order chi connectivity index (χ0) is 14.5. The van der Waals surface area contributed by atoms with Gasteiger partial charge in [0.05, 0.1) is 5.56 Å². The van der Waals surface area contributed by atoms with Gasteiger partial charge in [-0.2, -0.15) is 13.2 Å². The van der Waals surface area contributed by atoms with E-state index in [9.17, 15) is 13.2 Å². The van der Waals surface area contributed by atoms with Gasteiger partial charge in [0.25, 0.3) is 0 Å². The number of nitrogens with one attached hydrogen (secondary N) is 1. The molecule has 0 heterocycles. The van der Waals surface area contributed by atoms with Gasteiger partial charge in [0.2, 0.25) is 0 Å². The number of aliphatic imine (C=N–C) groups is 1. The third-order valence-corrected chi connectivity index (χ3v) is 2.61. The van der Waals surface area contributed by atoms with E-state index in [1.165, 1.54) is 12.1 Å². The molecule has 114 valence electrons. The summed E-state index contributed by atoms with van der Waals surface area (Å²) >= 11 is 0. The van der Waals surface area contributed by atoms with Crippen molar-refractivity contribution in [2.24, 2.45) is 4.99 Å². The molecule has 0 atom stereocenters. The highest BCUT2D eigenvalue weighted by Gasteiger charge is 2.29. The number of benzene rings is 1. The molecule has 1 rings (SSSR count). The van der Waals surface area contributed by atoms with E-state index < -0.39 is 11.7 Å². The second-order valence-corrected chi connectivity index (χ2v) is 4.31. The van der Waals surface area contributed by atoms with Gasteiger partial charge in [0.15, 0.2) is 5.96 Å². The summed E-state index contributed by atoms with van der Waals surface area (Å²) in [6, 6.07) is 5.22. The minimum Gasteiger partial charge on any atom is -0.356 e. The molecule has 7 heteroatoms. The van der Waals surface area contributed by atoms with Crippen LogP contribution in [-0.4, -0.2) is 38.5 Å². The predicted octanol–water partition coefficient (Wildman–Crippen LogP) is 3.00. The van der Waals surface area contributed by atoms with E-state index in [-0.39, 0.29) is 24.0 Å². The minimum absolute atomic E-state index is 0. The summed E-state index contributed by atoms with van der Waals surface area (Å²) in [7, 11) is 5.42. The summed E-state index contributed by atoms with van der Waals surface area (Å²) < 4.78 is 37.1. The summed E-state index contributed by atoms with van der Waals surface area (Å²) in [6.45, 7) is 0.621. The molecule has 0 amide bonds. The van der Waals surface area contributed by atoms with Gasteiger partial charge in [-0.25, -0.2) is 0 Å². The lowest BCUT2D eigenvalue weighted by Crippen LogP contribution is -2.37. The second-order valence-electron chi connectivity index (χ2n) is 4.31. The topological polar surface area (TPSA) is 27.6 Å². The van der Waals surface area contributed by atoms with Crippen LogP contribution in [0.1, 0.15) is 11.1 Å². The van der Waals surface area contributed by atoms with Crippen molar-refractivity contribution in [3.8, 4) is 0 Å². The Morgan fingerprint density at radius 3 is 2.15 bits per heavy atom. The van der Waals surface area contributed by atoms with Crippen LogP contribution >= 0.6 is 24.0 Å². The number of hydrogen-bond donors (Lipinski definition) is 1. The molecule has 0 saturated heterocycles. The van der Waals surface area contributed by atoms with Crippen LogP contribution in [0, 0.1) is 0 Å². The first kappa shape index (κ1) is 19.0. The molecule has 0 spiro atoms. The highest BCUT2D eigenvalue weighted by Crippen LogP contribution is 2.29. The first-order chi connectivity index (χ1) is 8.84. The Morgan fingerprint density at radius 2 is 1.75 bits per heavy atom. The summed E-state index contributed by atoms with van der Waals surface area (Å²) in [6.07, 6.45) is -3.63. The molecule has 0 radical (unpaired) electrons.